The first-order chi connectivity index (χ1) is 8.61. The number of hydrogen-bond acceptors (Lipinski definition) is 4. The van der Waals surface area contributed by atoms with E-state index < -0.39 is 5.97 Å². The van der Waals surface area contributed by atoms with Gasteiger partial charge in [0.1, 0.15) is 0 Å². The van der Waals surface area contributed by atoms with Crippen LogP contribution in [0.2, 0.25) is 0 Å². The Balaban J connectivity index is 2.15. The lowest BCUT2D eigenvalue weighted by Gasteiger charge is -2.35. The number of carboxylic acid groups (broad SMARTS) is 1. The number of nitrogen functional groups attached to an aromatic ring is 1. The molecule has 0 aliphatic carbocycles. The Hall–Kier alpha value is -1.75. The van der Waals surface area contributed by atoms with Crippen molar-refractivity contribution >= 4 is 17.3 Å². The van der Waals surface area contributed by atoms with Gasteiger partial charge in [0, 0.05) is 37.6 Å². The van der Waals surface area contributed by atoms with Crippen molar-refractivity contribution < 1.29 is 9.90 Å². The minimum absolute atomic E-state index is 0.186. The van der Waals surface area contributed by atoms with Gasteiger partial charge in [-0.05, 0) is 24.7 Å². The number of carboxylic acids is 1. The second-order valence-corrected chi connectivity index (χ2v) is 4.50. The molecule has 0 spiro atoms. The summed E-state index contributed by atoms with van der Waals surface area (Å²) in [6.07, 6.45) is 0. The fourth-order valence-electron chi connectivity index (χ4n) is 2.25. The maximum atomic E-state index is 11.0. The number of nitrogens with zero attached hydrogens (tertiary/aromatic N) is 2. The number of aromatic carboxylic acids is 1. The number of rotatable bonds is 3. The van der Waals surface area contributed by atoms with Crippen LogP contribution in [-0.2, 0) is 0 Å². The van der Waals surface area contributed by atoms with E-state index in [4.69, 9.17) is 10.8 Å². The van der Waals surface area contributed by atoms with Crippen LogP contribution in [0.4, 0.5) is 11.4 Å². The topological polar surface area (TPSA) is 69.8 Å². The Morgan fingerprint density at radius 2 is 2.00 bits per heavy atom. The van der Waals surface area contributed by atoms with Gasteiger partial charge in [-0.25, -0.2) is 4.79 Å². The van der Waals surface area contributed by atoms with Crippen molar-refractivity contribution in [2.24, 2.45) is 0 Å². The number of benzene rings is 1. The van der Waals surface area contributed by atoms with Gasteiger partial charge in [0.05, 0.1) is 5.56 Å². The maximum absolute atomic E-state index is 11.0. The molecule has 0 radical (unpaired) electrons. The molecular formula is C13H19N3O2. The van der Waals surface area contributed by atoms with Gasteiger partial charge in [0.2, 0.25) is 0 Å². The third-order valence-corrected chi connectivity index (χ3v) is 3.45. The van der Waals surface area contributed by atoms with Crippen molar-refractivity contribution in [3.8, 4) is 0 Å². The van der Waals surface area contributed by atoms with Crippen LogP contribution in [-0.4, -0.2) is 48.7 Å². The molecule has 5 heteroatoms. The number of carbonyl (C=O) groups is 1. The lowest BCUT2D eigenvalue weighted by atomic mass is 10.1. The van der Waals surface area contributed by atoms with E-state index in [0.29, 0.717) is 5.69 Å². The molecule has 0 saturated carbocycles. The minimum Gasteiger partial charge on any atom is -0.478 e. The van der Waals surface area contributed by atoms with E-state index >= 15 is 0 Å². The summed E-state index contributed by atoms with van der Waals surface area (Å²) < 4.78 is 0. The van der Waals surface area contributed by atoms with Crippen LogP contribution in [0.1, 0.15) is 17.3 Å². The van der Waals surface area contributed by atoms with Crippen molar-refractivity contribution in [2.75, 3.05) is 43.4 Å². The average Bonchev–Trinajstić information content (AvgIpc) is 2.39. The summed E-state index contributed by atoms with van der Waals surface area (Å²) in [4.78, 5) is 15.6. The van der Waals surface area contributed by atoms with Crippen molar-refractivity contribution in [3.63, 3.8) is 0 Å². The highest BCUT2D eigenvalue weighted by molar-refractivity contribution is 5.94. The lowest BCUT2D eigenvalue weighted by molar-refractivity contribution is 0.0698. The summed E-state index contributed by atoms with van der Waals surface area (Å²) in [5.74, 6) is -0.971. The molecule has 1 fully saturated rings. The van der Waals surface area contributed by atoms with Gasteiger partial charge in [0.25, 0.3) is 0 Å². The van der Waals surface area contributed by atoms with E-state index in [1.807, 2.05) is 6.07 Å². The first-order valence-corrected chi connectivity index (χ1v) is 6.22. The molecule has 3 N–H and O–H groups in total. The van der Waals surface area contributed by atoms with E-state index in [9.17, 15) is 4.79 Å². The van der Waals surface area contributed by atoms with Crippen LogP contribution in [0.5, 0.6) is 0 Å². The Morgan fingerprint density at radius 1 is 1.33 bits per heavy atom. The van der Waals surface area contributed by atoms with Crippen LogP contribution in [0.25, 0.3) is 0 Å². The van der Waals surface area contributed by atoms with Crippen LogP contribution >= 0.6 is 0 Å². The van der Waals surface area contributed by atoms with Gasteiger partial charge in [-0.15, -0.1) is 0 Å². The van der Waals surface area contributed by atoms with Crippen molar-refractivity contribution in [3.05, 3.63) is 23.8 Å². The quantitative estimate of drug-likeness (QED) is 0.785. The molecule has 1 heterocycles. The van der Waals surface area contributed by atoms with Crippen LogP contribution < -0.4 is 10.6 Å². The highest BCUT2D eigenvalue weighted by Crippen LogP contribution is 2.22. The van der Waals surface area contributed by atoms with Crippen molar-refractivity contribution in [1.29, 1.82) is 0 Å². The number of hydrogen-bond donors (Lipinski definition) is 2. The van der Waals surface area contributed by atoms with Gasteiger partial charge in [0.15, 0.2) is 0 Å². The van der Waals surface area contributed by atoms with E-state index in [1.165, 1.54) is 0 Å². The number of nitrogens with two attached hydrogens (primary N) is 1. The second kappa shape index (κ2) is 5.27. The maximum Gasteiger partial charge on any atom is 0.337 e. The third kappa shape index (κ3) is 2.56. The van der Waals surface area contributed by atoms with Crippen molar-refractivity contribution in [2.45, 2.75) is 6.92 Å². The summed E-state index contributed by atoms with van der Waals surface area (Å²) in [5.41, 5.74) is 7.10. The van der Waals surface area contributed by atoms with Gasteiger partial charge in [-0.3, -0.25) is 0 Å². The minimum atomic E-state index is -0.971. The van der Waals surface area contributed by atoms with Gasteiger partial charge in [-0.1, -0.05) is 6.92 Å². The van der Waals surface area contributed by atoms with Gasteiger partial charge in [-0.2, -0.15) is 0 Å². The average molecular weight is 249 g/mol. The largest absolute Gasteiger partial charge is 0.478 e. The Labute approximate surface area is 107 Å². The molecule has 1 saturated heterocycles. The fraction of sp³-hybridized carbons (Fsp3) is 0.462. The molecule has 1 aromatic rings. The molecule has 1 aliphatic heterocycles. The molecule has 1 aliphatic rings. The van der Waals surface area contributed by atoms with E-state index in [-0.39, 0.29) is 5.56 Å². The molecule has 5 nitrogen and oxygen atoms in total. The van der Waals surface area contributed by atoms with E-state index in [2.05, 4.69) is 16.7 Å². The highest BCUT2D eigenvalue weighted by Gasteiger charge is 2.17. The number of anilines is 2. The first kappa shape index (κ1) is 12.7. The number of piperazine rings is 1. The van der Waals surface area contributed by atoms with Gasteiger partial charge >= 0.3 is 5.97 Å². The Bertz CT molecular complexity index is 440. The summed E-state index contributed by atoms with van der Waals surface area (Å²) in [6, 6.07) is 5.23. The molecule has 0 bridgehead atoms. The molecule has 98 valence electrons. The highest BCUT2D eigenvalue weighted by atomic mass is 16.4. The van der Waals surface area contributed by atoms with Crippen molar-refractivity contribution in [1.82, 2.24) is 4.90 Å². The molecule has 2 rings (SSSR count). The van der Waals surface area contributed by atoms with Crippen LogP contribution in [0.15, 0.2) is 18.2 Å². The zero-order chi connectivity index (χ0) is 13.1. The van der Waals surface area contributed by atoms with E-state index in [0.717, 1.165) is 38.4 Å². The molecule has 0 aromatic heterocycles. The lowest BCUT2D eigenvalue weighted by Crippen LogP contribution is -2.46. The third-order valence-electron chi connectivity index (χ3n) is 3.45. The molecule has 0 unspecified atom stereocenters. The Kier molecular flexibility index (Phi) is 3.72. The molecule has 1 aromatic carbocycles. The summed E-state index contributed by atoms with van der Waals surface area (Å²) in [5, 5.41) is 9.06. The predicted octanol–water partition coefficient (Wildman–Crippen LogP) is 1.11. The van der Waals surface area contributed by atoms with E-state index in [1.54, 1.807) is 12.1 Å². The molecule has 0 amide bonds. The van der Waals surface area contributed by atoms with Crippen LogP contribution in [0.3, 0.4) is 0 Å². The monoisotopic (exact) mass is 249 g/mol. The summed E-state index contributed by atoms with van der Waals surface area (Å²) in [7, 11) is 0. The van der Waals surface area contributed by atoms with Gasteiger partial charge < -0.3 is 20.6 Å². The smallest absolute Gasteiger partial charge is 0.337 e. The van der Waals surface area contributed by atoms with Crippen LogP contribution in [0, 0.1) is 0 Å². The summed E-state index contributed by atoms with van der Waals surface area (Å²) >= 11 is 0. The molecule has 0 atom stereocenters. The Morgan fingerprint density at radius 3 is 2.56 bits per heavy atom. The number of likely N-dealkylation sites (N-methyl/N-ethyl adjacent to an activating group) is 1. The second-order valence-electron chi connectivity index (χ2n) is 4.50. The summed E-state index contributed by atoms with van der Waals surface area (Å²) in [6.45, 7) is 7.11. The standard InChI is InChI=1S/C13H19N3O2/c1-2-15-5-7-16(8-6-15)10-3-4-12(14)11(9-10)13(17)18/h3-4,9H,2,5-8,14H2,1H3,(H,17,18). The first-order valence-electron chi connectivity index (χ1n) is 6.22. The predicted molar refractivity (Wildman–Crippen MR) is 72.1 cm³/mol. The zero-order valence-corrected chi connectivity index (χ0v) is 10.6. The SMILES string of the molecule is CCN1CCN(c2ccc(N)c(C(=O)O)c2)CC1. The molecular weight excluding hydrogens is 230 g/mol. The fourth-order valence-corrected chi connectivity index (χ4v) is 2.25. The normalized spacial score (nSPS) is 16.8. The zero-order valence-electron chi connectivity index (χ0n) is 10.6. The molecule has 18 heavy (non-hydrogen) atoms.